The molecule has 0 spiro atoms. The Hall–Kier alpha value is -3.15. The van der Waals surface area contributed by atoms with Crippen LogP contribution in [0, 0.1) is 6.92 Å². The molecule has 0 saturated heterocycles. The van der Waals surface area contributed by atoms with Crippen LogP contribution in [0.15, 0.2) is 47.0 Å². The first kappa shape index (κ1) is 19.2. The van der Waals surface area contributed by atoms with Gasteiger partial charge in [0.25, 0.3) is 5.91 Å². The summed E-state index contributed by atoms with van der Waals surface area (Å²) in [5.74, 6) is 1.48. The van der Waals surface area contributed by atoms with Gasteiger partial charge in [0.15, 0.2) is 6.10 Å². The Bertz CT molecular complexity index is 1010. The Morgan fingerprint density at radius 2 is 2.00 bits per heavy atom. The molecule has 0 saturated carbocycles. The Balaban J connectivity index is 1.36. The van der Waals surface area contributed by atoms with E-state index >= 15 is 0 Å². The van der Waals surface area contributed by atoms with Crippen molar-refractivity contribution in [2.24, 2.45) is 0 Å². The number of hydrogen-bond acceptors (Lipinski definition) is 5. The van der Waals surface area contributed by atoms with Crippen LogP contribution >= 0.6 is 0 Å². The highest BCUT2D eigenvalue weighted by Gasteiger charge is 2.20. The quantitative estimate of drug-likeness (QED) is 0.687. The standard InChI is InChI=1S/C23H25N3O3/c1-15-8-3-5-11-18(15)22-25-21(29-26-22)14-24-23(27)16(2)28-20-13-7-10-17-9-4-6-12-19(17)20/h3,5,7-8,10-11,13,16H,4,6,9,12,14H2,1-2H3,(H,24,27)/t16-/m0/s1. The van der Waals surface area contributed by atoms with E-state index in [1.807, 2.05) is 43.3 Å². The summed E-state index contributed by atoms with van der Waals surface area (Å²) in [6.45, 7) is 3.91. The van der Waals surface area contributed by atoms with E-state index < -0.39 is 6.10 Å². The number of benzene rings is 2. The van der Waals surface area contributed by atoms with E-state index in [4.69, 9.17) is 9.26 Å². The first-order valence-electron chi connectivity index (χ1n) is 10.1. The molecule has 0 fully saturated rings. The van der Waals surface area contributed by atoms with Gasteiger partial charge >= 0.3 is 0 Å². The largest absolute Gasteiger partial charge is 0.481 e. The fraction of sp³-hybridized carbons (Fsp3) is 0.348. The molecule has 6 nitrogen and oxygen atoms in total. The minimum atomic E-state index is -0.609. The number of aromatic nitrogens is 2. The van der Waals surface area contributed by atoms with E-state index in [2.05, 4.69) is 21.5 Å². The molecule has 3 aromatic rings. The fourth-order valence-electron chi connectivity index (χ4n) is 3.67. The van der Waals surface area contributed by atoms with Crippen molar-refractivity contribution in [2.75, 3.05) is 0 Å². The molecule has 2 aromatic carbocycles. The monoisotopic (exact) mass is 391 g/mol. The van der Waals surface area contributed by atoms with Crippen LogP contribution in [0.3, 0.4) is 0 Å². The summed E-state index contributed by atoms with van der Waals surface area (Å²) >= 11 is 0. The number of amides is 1. The van der Waals surface area contributed by atoms with Crippen LogP contribution in [0.5, 0.6) is 5.75 Å². The number of aryl methyl sites for hydroxylation is 2. The highest BCUT2D eigenvalue weighted by atomic mass is 16.5. The van der Waals surface area contributed by atoms with Crippen molar-refractivity contribution in [3.63, 3.8) is 0 Å². The van der Waals surface area contributed by atoms with Gasteiger partial charge in [-0.3, -0.25) is 4.79 Å². The Morgan fingerprint density at radius 1 is 1.17 bits per heavy atom. The number of rotatable bonds is 6. The third-order valence-electron chi connectivity index (χ3n) is 5.29. The van der Waals surface area contributed by atoms with Crippen molar-refractivity contribution < 1.29 is 14.1 Å². The van der Waals surface area contributed by atoms with Gasteiger partial charge in [-0.1, -0.05) is 41.6 Å². The lowest BCUT2D eigenvalue weighted by Crippen LogP contribution is -2.36. The molecule has 1 aliphatic rings. The first-order valence-corrected chi connectivity index (χ1v) is 10.1. The van der Waals surface area contributed by atoms with Gasteiger partial charge < -0.3 is 14.6 Å². The SMILES string of the molecule is Cc1ccccc1-c1noc(CNC(=O)[C@H](C)Oc2cccc3c2CCCC3)n1. The number of nitrogens with zero attached hydrogens (tertiary/aromatic N) is 2. The van der Waals surface area contributed by atoms with Gasteiger partial charge in [-0.2, -0.15) is 4.98 Å². The number of carbonyl (C=O) groups excluding carboxylic acids is 1. The maximum Gasteiger partial charge on any atom is 0.261 e. The second-order valence-electron chi connectivity index (χ2n) is 7.41. The van der Waals surface area contributed by atoms with E-state index in [0.29, 0.717) is 11.7 Å². The maximum absolute atomic E-state index is 12.5. The zero-order chi connectivity index (χ0) is 20.2. The van der Waals surface area contributed by atoms with Crippen LogP contribution in [0.25, 0.3) is 11.4 Å². The predicted octanol–water partition coefficient (Wildman–Crippen LogP) is 4.01. The maximum atomic E-state index is 12.5. The molecule has 29 heavy (non-hydrogen) atoms. The number of ether oxygens (including phenoxy) is 1. The number of hydrogen-bond donors (Lipinski definition) is 1. The van der Waals surface area contributed by atoms with Crippen molar-refractivity contribution >= 4 is 5.91 Å². The van der Waals surface area contributed by atoms with E-state index in [9.17, 15) is 4.79 Å². The normalized spacial score (nSPS) is 14.1. The second-order valence-corrected chi connectivity index (χ2v) is 7.41. The molecule has 150 valence electrons. The van der Waals surface area contributed by atoms with Crippen LogP contribution in [0.1, 0.15) is 42.3 Å². The number of nitrogens with one attached hydrogen (secondary N) is 1. The van der Waals surface area contributed by atoms with Gasteiger partial charge in [-0.05, 0) is 62.3 Å². The van der Waals surface area contributed by atoms with Crippen molar-refractivity contribution in [3.05, 3.63) is 65.0 Å². The second kappa shape index (κ2) is 8.47. The third kappa shape index (κ3) is 4.31. The van der Waals surface area contributed by atoms with E-state index in [0.717, 1.165) is 36.1 Å². The van der Waals surface area contributed by atoms with Gasteiger partial charge in [0, 0.05) is 5.56 Å². The van der Waals surface area contributed by atoms with Crippen LogP contribution in [-0.2, 0) is 24.2 Å². The molecule has 1 heterocycles. The van der Waals surface area contributed by atoms with Crippen molar-refractivity contribution in [3.8, 4) is 17.1 Å². The summed E-state index contributed by atoms with van der Waals surface area (Å²) in [6.07, 6.45) is 3.84. The highest BCUT2D eigenvalue weighted by Crippen LogP contribution is 2.30. The Morgan fingerprint density at radius 3 is 2.86 bits per heavy atom. The van der Waals surface area contributed by atoms with Gasteiger partial charge in [0.2, 0.25) is 11.7 Å². The zero-order valence-corrected chi connectivity index (χ0v) is 16.8. The summed E-state index contributed by atoms with van der Waals surface area (Å²) in [7, 11) is 0. The number of carbonyl (C=O) groups is 1. The summed E-state index contributed by atoms with van der Waals surface area (Å²) < 4.78 is 11.3. The van der Waals surface area contributed by atoms with E-state index in [-0.39, 0.29) is 12.5 Å². The summed E-state index contributed by atoms with van der Waals surface area (Å²) in [5.41, 5.74) is 4.55. The lowest BCUT2D eigenvalue weighted by Gasteiger charge is -2.21. The third-order valence-corrected chi connectivity index (χ3v) is 5.29. The number of fused-ring (bicyclic) bond motifs is 1. The topological polar surface area (TPSA) is 77.2 Å². The molecule has 1 amide bonds. The minimum Gasteiger partial charge on any atom is -0.481 e. The lowest BCUT2D eigenvalue weighted by atomic mass is 9.91. The molecular formula is C23H25N3O3. The molecule has 0 radical (unpaired) electrons. The molecule has 1 aromatic heterocycles. The van der Waals surface area contributed by atoms with Crippen LogP contribution in [0.2, 0.25) is 0 Å². The summed E-state index contributed by atoms with van der Waals surface area (Å²) in [5, 5.41) is 6.84. The average Bonchev–Trinajstić information content (AvgIpc) is 3.21. The first-order chi connectivity index (χ1) is 14.1. The van der Waals surface area contributed by atoms with Crippen molar-refractivity contribution in [1.29, 1.82) is 0 Å². The lowest BCUT2D eigenvalue weighted by molar-refractivity contribution is -0.127. The van der Waals surface area contributed by atoms with Gasteiger partial charge in [0.05, 0.1) is 6.54 Å². The molecule has 0 bridgehead atoms. The van der Waals surface area contributed by atoms with Gasteiger partial charge in [-0.15, -0.1) is 0 Å². The van der Waals surface area contributed by atoms with Gasteiger partial charge in [-0.25, -0.2) is 0 Å². The minimum absolute atomic E-state index is 0.165. The summed E-state index contributed by atoms with van der Waals surface area (Å²) in [4.78, 5) is 16.9. The highest BCUT2D eigenvalue weighted by molar-refractivity contribution is 5.80. The van der Waals surface area contributed by atoms with Crippen molar-refractivity contribution in [1.82, 2.24) is 15.5 Å². The molecule has 1 N–H and O–H groups in total. The summed E-state index contributed by atoms with van der Waals surface area (Å²) in [6, 6.07) is 13.9. The van der Waals surface area contributed by atoms with Crippen molar-refractivity contribution in [2.45, 2.75) is 52.2 Å². The smallest absolute Gasteiger partial charge is 0.261 e. The van der Waals surface area contributed by atoms with Crippen LogP contribution in [-0.4, -0.2) is 22.2 Å². The molecule has 6 heteroatoms. The average molecular weight is 391 g/mol. The van der Waals surface area contributed by atoms with E-state index in [1.165, 1.54) is 17.5 Å². The van der Waals surface area contributed by atoms with Crippen LogP contribution in [0.4, 0.5) is 0 Å². The van der Waals surface area contributed by atoms with Gasteiger partial charge in [0.1, 0.15) is 5.75 Å². The van der Waals surface area contributed by atoms with Crippen LogP contribution < -0.4 is 10.1 Å². The predicted molar refractivity (Wildman–Crippen MR) is 109 cm³/mol. The fourth-order valence-corrected chi connectivity index (χ4v) is 3.67. The molecule has 1 aliphatic carbocycles. The molecule has 0 aliphatic heterocycles. The molecular weight excluding hydrogens is 366 g/mol. The zero-order valence-electron chi connectivity index (χ0n) is 16.8. The Kier molecular flexibility index (Phi) is 5.60. The Labute approximate surface area is 170 Å². The van der Waals surface area contributed by atoms with E-state index in [1.54, 1.807) is 6.92 Å². The molecule has 1 atom stereocenters. The molecule has 4 rings (SSSR count). The molecule has 0 unspecified atom stereocenters.